The first-order chi connectivity index (χ1) is 23.5. The molecule has 270 valence electrons. The zero-order valence-corrected chi connectivity index (χ0v) is 36.5. The van der Waals surface area contributed by atoms with E-state index in [2.05, 4.69) is 105 Å². The molecule has 4 aromatic carbocycles. The molecule has 0 bridgehead atoms. The second-order valence-electron chi connectivity index (χ2n) is 15.0. The summed E-state index contributed by atoms with van der Waals surface area (Å²) in [5.74, 6) is 0.599. The third kappa shape index (κ3) is 8.98. The van der Waals surface area contributed by atoms with Crippen LogP contribution in [0.3, 0.4) is 0 Å². The molecule has 0 aromatic heterocycles. The van der Waals surface area contributed by atoms with Crippen molar-refractivity contribution in [1.29, 1.82) is 0 Å². The Morgan fingerprint density at radius 1 is 0.627 bits per heavy atom. The number of aryl methyl sites for hydroxylation is 2. The third-order valence-electron chi connectivity index (χ3n) is 10.5. The summed E-state index contributed by atoms with van der Waals surface area (Å²) in [6, 6.07) is 29.9. The topological polar surface area (TPSA) is 109 Å². The van der Waals surface area contributed by atoms with E-state index >= 15 is 0 Å². The van der Waals surface area contributed by atoms with Gasteiger partial charge in [0.15, 0.2) is 0 Å². The molecule has 51 heavy (non-hydrogen) atoms. The van der Waals surface area contributed by atoms with Crippen LogP contribution in [0.4, 0.5) is 0 Å². The molecular formula is C41H50O6S2SiZr. The summed E-state index contributed by atoms with van der Waals surface area (Å²) in [5.41, 5.74) is 14.0. The van der Waals surface area contributed by atoms with Gasteiger partial charge in [-0.15, -0.1) is 0 Å². The molecule has 2 atom stereocenters. The van der Waals surface area contributed by atoms with Crippen molar-refractivity contribution in [3.63, 3.8) is 0 Å². The van der Waals surface area contributed by atoms with Gasteiger partial charge in [0.25, 0.3) is 20.2 Å². The summed E-state index contributed by atoms with van der Waals surface area (Å²) < 4.78 is 66.9. The van der Waals surface area contributed by atoms with E-state index < -0.39 is 37.6 Å². The first-order valence-electron chi connectivity index (χ1n) is 16.9. The van der Waals surface area contributed by atoms with Crippen molar-refractivity contribution in [1.82, 2.24) is 0 Å². The number of hydrogen-bond acceptors (Lipinski definition) is 4. The van der Waals surface area contributed by atoms with Crippen molar-refractivity contribution in [2.45, 2.75) is 71.1 Å². The fourth-order valence-electron chi connectivity index (χ4n) is 7.92. The summed E-state index contributed by atoms with van der Waals surface area (Å²) in [6.45, 7) is 18.0. The molecule has 0 fully saturated rings. The van der Waals surface area contributed by atoms with Crippen molar-refractivity contribution < 1.29 is 43.3 Å². The SMILES string of the molecule is CC1=Cc2c(-c3ccccc3)cccc2[CH]1[Zr]([CH3])([CH3])(=[SiH2])[C]1=C(C)C(C)=C(C)C1C.Cc1ccc(S(=O)(=O)O)cc1.Cc1ccc(S(=O)(=O)O)cc1. The first-order valence-corrected chi connectivity index (χ1v) is 33.3. The van der Waals surface area contributed by atoms with Gasteiger partial charge >= 0.3 is 180 Å². The van der Waals surface area contributed by atoms with E-state index in [1.807, 2.05) is 17.1 Å². The van der Waals surface area contributed by atoms with Crippen molar-refractivity contribution in [2.24, 2.45) is 5.92 Å². The Morgan fingerprint density at radius 3 is 1.51 bits per heavy atom. The van der Waals surface area contributed by atoms with E-state index in [9.17, 15) is 16.8 Å². The monoisotopic (exact) mass is 820 g/mol. The van der Waals surface area contributed by atoms with E-state index in [1.54, 1.807) is 52.1 Å². The minimum absolute atomic E-state index is 0.0666. The molecule has 2 N–H and O–H groups in total. The molecule has 0 aliphatic heterocycles. The summed E-state index contributed by atoms with van der Waals surface area (Å²) in [5, 5.41) is 0. The molecule has 2 aliphatic rings. The minimum Gasteiger partial charge on any atom is -0.282 e. The van der Waals surface area contributed by atoms with Gasteiger partial charge in [-0.25, -0.2) is 0 Å². The number of hydrogen-bond donors (Lipinski definition) is 2. The second kappa shape index (κ2) is 15.2. The van der Waals surface area contributed by atoms with Crippen LogP contribution in [0.15, 0.2) is 132 Å². The quantitative estimate of drug-likeness (QED) is 0.153. The van der Waals surface area contributed by atoms with Gasteiger partial charge in [0.2, 0.25) is 0 Å². The van der Waals surface area contributed by atoms with E-state index in [1.165, 1.54) is 41.0 Å². The summed E-state index contributed by atoms with van der Waals surface area (Å²) in [6.07, 6.45) is 2.50. The molecule has 0 amide bonds. The van der Waals surface area contributed by atoms with Gasteiger partial charge in [-0.2, -0.15) is 16.8 Å². The maximum absolute atomic E-state index is 10.5. The predicted octanol–water partition coefficient (Wildman–Crippen LogP) is 9.89. The predicted molar refractivity (Wildman–Crippen MR) is 211 cm³/mol. The van der Waals surface area contributed by atoms with Gasteiger partial charge in [-0.05, 0) is 38.1 Å². The molecule has 0 saturated heterocycles. The first kappa shape index (κ1) is 40.8. The van der Waals surface area contributed by atoms with Crippen molar-refractivity contribution in [3.05, 3.63) is 145 Å². The Kier molecular flexibility index (Phi) is 12.1. The van der Waals surface area contributed by atoms with Crippen LogP contribution in [0.1, 0.15) is 60.5 Å². The zero-order chi connectivity index (χ0) is 38.1. The minimum atomic E-state index is -4.02. The molecule has 6 rings (SSSR count). The average Bonchev–Trinajstić information content (AvgIpc) is 3.50. The number of benzene rings is 4. The van der Waals surface area contributed by atoms with Crippen LogP contribution in [0.2, 0.25) is 9.26 Å². The fourth-order valence-corrected chi connectivity index (χ4v) is 30.6. The van der Waals surface area contributed by atoms with Crippen LogP contribution in [-0.4, -0.2) is 32.8 Å². The van der Waals surface area contributed by atoms with Crippen LogP contribution < -0.4 is 0 Å². The van der Waals surface area contributed by atoms with Crippen LogP contribution in [0.5, 0.6) is 0 Å². The summed E-state index contributed by atoms with van der Waals surface area (Å²) in [4.78, 5) is -0.133. The average molecular weight is 822 g/mol. The summed E-state index contributed by atoms with van der Waals surface area (Å²) >= 11 is -3.29. The molecule has 2 aliphatic carbocycles. The van der Waals surface area contributed by atoms with E-state index in [0.29, 0.717) is 9.54 Å². The number of fused-ring (bicyclic) bond motifs is 1. The van der Waals surface area contributed by atoms with Gasteiger partial charge in [0, 0.05) is 0 Å². The fraction of sp³-hybridized carbons (Fsp3) is 0.268. The van der Waals surface area contributed by atoms with E-state index in [4.69, 9.17) is 9.11 Å². The maximum atomic E-state index is 10.5. The molecule has 4 aromatic rings. The van der Waals surface area contributed by atoms with Crippen molar-refractivity contribution in [2.75, 3.05) is 0 Å². The molecular weight excluding hydrogens is 772 g/mol. The van der Waals surface area contributed by atoms with Crippen LogP contribution in [0.25, 0.3) is 17.2 Å². The normalized spacial score (nSPS) is 17.6. The Hall–Kier alpha value is -2.98. The molecule has 10 heteroatoms. The van der Waals surface area contributed by atoms with E-state index in [-0.39, 0.29) is 9.79 Å². The number of rotatable bonds is 5. The van der Waals surface area contributed by atoms with Gasteiger partial charge in [0.1, 0.15) is 0 Å². The second-order valence-corrected chi connectivity index (χ2v) is 47.2. The van der Waals surface area contributed by atoms with Crippen LogP contribution >= 0.6 is 0 Å². The van der Waals surface area contributed by atoms with E-state index in [0.717, 1.165) is 11.1 Å². The Bertz CT molecular complexity index is 2260. The zero-order valence-electron chi connectivity index (χ0n) is 31.0. The third-order valence-corrected chi connectivity index (χ3v) is 29.6. The summed E-state index contributed by atoms with van der Waals surface area (Å²) in [7, 11) is -8.04. The van der Waals surface area contributed by atoms with Gasteiger partial charge in [0.05, 0.1) is 9.79 Å². The largest absolute Gasteiger partial charge is 0.294 e. The van der Waals surface area contributed by atoms with Crippen LogP contribution in [0, 0.1) is 19.8 Å². The van der Waals surface area contributed by atoms with Crippen molar-refractivity contribution in [3.8, 4) is 11.1 Å². The molecule has 0 radical (unpaired) electrons. The van der Waals surface area contributed by atoms with Gasteiger partial charge in [-0.3, -0.25) is 9.11 Å². The van der Waals surface area contributed by atoms with Crippen molar-refractivity contribution >= 4 is 33.2 Å². The molecule has 2 unspecified atom stereocenters. The Balaban J connectivity index is 0.000000216. The number of allylic oxidation sites excluding steroid dienone is 5. The van der Waals surface area contributed by atoms with Gasteiger partial charge in [-0.1, -0.05) is 35.4 Å². The molecule has 0 saturated carbocycles. The van der Waals surface area contributed by atoms with Crippen LogP contribution in [-0.2, 0) is 37.6 Å². The Labute approximate surface area is 307 Å². The molecule has 0 heterocycles. The molecule has 0 spiro atoms. The smallest absolute Gasteiger partial charge is 0.282 e. The molecule has 6 nitrogen and oxygen atoms in total. The maximum Gasteiger partial charge on any atom is 0.294 e. The Morgan fingerprint density at radius 2 is 1.10 bits per heavy atom. The van der Waals surface area contributed by atoms with Gasteiger partial charge < -0.3 is 0 Å². The standard InChI is InChI=1S/C16H13.C9H13.2C7H8O3S.2CH3.H2Si.Zr/c1-12-10-14-8-5-9-15(16(14)11-12)13-6-3-2-4-7-13;1-6-5-7(2)9(4)8(6)3;2*1-6-2-4-7(5-3-6)11(8,9)10;;;;/h2-11H,1H3;6H,1-4H3;2*2-5H,1H3,(H,8,9,10);2*1H3;1H2;.